The summed E-state index contributed by atoms with van der Waals surface area (Å²) in [6.07, 6.45) is 7.27. The molecule has 4 nitrogen and oxygen atoms in total. The molecule has 1 saturated carbocycles. The van der Waals surface area contributed by atoms with Crippen molar-refractivity contribution in [2.45, 2.75) is 38.1 Å². The van der Waals surface area contributed by atoms with Gasteiger partial charge in [0.1, 0.15) is 5.82 Å². The van der Waals surface area contributed by atoms with Crippen LogP contribution in [0.5, 0.6) is 0 Å². The molecule has 1 fully saturated rings. The lowest BCUT2D eigenvalue weighted by Gasteiger charge is -2.23. The molecule has 0 bridgehead atoms. The van der Waals surface area contributed by atoms with Gasteiger partial charge in [-0.25, -0.2) is 0 Å². The SMILES string of the molecule is NC(=O)C=C(N)NC1CCCCC1. The van der Waals surface area contributed by atoms with Crippen LogP contribution in [0.25, 0.3) is 0 Å². The Bertz CT molecular complexity index is 207. The Morgan fingerprint density at radius 1 is 1.23 bits per heavy atom. The minimum atomic E-state index is -0.499. The van der Waals surface area contributed by atoms with Crippen LogP contribution < -0.4 is 16.8 Å². The summed E-state index contributed by atoms with van der Waals surface area (Å²) in [6, 6.07) is 0.421. The fourth-order valence-electron chi connectivity index (χ4n) is 1.68. The number of amides is 1. The Balaban J connectivity index is 2.33. The molecule has 0 aromatic carbocycles. The van der Waals surface area contributed by atoms with Gasteiger partial charge in [0, 0.05) is 12.1 Å². The van der Waals surface area contributed by atoms with E-state index < -0.39 is 5.91 Å². The normalized spacial score (nSPS) is 19.8. The van der Waals surface area contributed by atoms with E-state index in [-0.39, 0.29) is 0 Å². The summed E-state index contributed by atoms with van der Waals surface area (Å²) in [7, 11) is 0. The van der Waals surface area contributed by atoms with Gasteiger partial charge in [-0.05, 0) is 12.8 Å². The van der Waals surface area contributed by atoms with E-state index in [2.05, 4.69) is 5.32 Å². The third-order valence-corrected chi connectivity index (χ3v) is 2.27. The number of primary amides is 1. The largest absolute Gasteiger partial charge is 0.385 e. The molecule has 0 unspecified atom stereocenters. The van der Waals surface area contributed by atoms with Gasteiger partial charge in [0.15, 0.2) is 0 Å². The maximum atomic E-state index is 10.5. The molecule has 4 heteroatoms. The minimum Gasteiger partial charge on any atom is -0.385 e. The predicted molar refractivity (Wildman–Crippen MR) is 51.5 cm³/mol. The Morgan fingerprint density at radius 2 is 1.85 bits per heavy atom. The molecular formula is C9H17N3O. The highest BCUT2D eigenvalue weighted by atomic mass is 16.1. The van der Waals surface area contributed by atoms with Gasteiger partial charge in [-0.1, -0.05) is 19.3 Å². The van der Waals surface area contributed by atoms with Crippen molar-refractivity contribution in [3.8, 4) is 0 Å². The number of carbonyl (C=O) groups is 1. The molecular weight excluding hydrogens is 166 g/mol. The summed E-state index contributed by atoms with van der Waals surface area (Å²) < 4.78 is 0. The first-order valence-electron chi connectivity index (χ1n) is 4.71. The fraction of sp³-hybridized carbons (Fsp3) is 0.667. The Labute approximate surface area is 78.4 Å². The average Bonchev–Trinajstić information content (AvgIpc) is 2.04. The molecule has 13 heavy (non-hydrogen) atoms. The van der Waals surface area contributed by atoms with Gasteiger partial charge in [-0.3, -0.25) is 4.79 Å². The molecule has 0 saturated heterocycles. The molecule has 1 aliphatic carbocycles. The van der Waals surface area contributed by atoms with Gasteiger partial charge < -0.3 is 16.8 Å². The molecule has 1 aliphatic rings. The average molecular weight is 183 g/mol. The molecule has 0 heterocycles. The molecule has 0 aromatic rings. The van der Waals surface area contributed by atoms with E-state index in [9.17, 15) is 4.79 Å². The van der Waals surface area contributed by atoms with E-state index in [1.165, 1.54) is 25.3 Å². The third-order valence-electron chi connectivity index (χ3n) is 2.27. The van der Waals surface area contributed by atoms with Crippen molar-refractivity contribution in [2.24, 2.45) is 11.5 Å². The zero-order chi connectivity index (χ0) is 9.68. The minimum absolute atomic E-state index is 0.388. The standard InChI is InChI=1S/C9H17N3O/c10-8(6-9(11)13)12-7-4-2-1-3-5-7/h6-7,12H,1-5,10H2,(H2,11,13). The van der Waals surface area contributed by atoms with Gasteiger partial charge in [-0.15, -0.1) is 0 Å². The van der Waals surface area contributed by atoms with Gasteiger partial charge in [0.2, 0.25) is 5.91 Å². The van der Waals surface area contributed by atoms with Gasteiger partial charge in [-0.2, -0.15) is 0 Å². The Kier molecular flexibility index (Phi) is 3.61. The quantitative estimate of drug-likeness (QED) is 0.546. The van der Waals surface area contributed by atoms with Crippen LogP contribution in [0.15, 0.2) is 11.9 Å². The highest BCUT2D eigenvalue weighted by Gasteiger charge is 2.12. The molecule has 1 rings (SSSR count). The lowest BCUT2D eigenvalue weighted by molar-refractivity contribution is -0.113. The number of hydrogen-bond donors (Lipinski definition) is 3. The number of carbonyl (C=O) groups excluding carboxylic acids is 1. The molecule has 5 N–H and O–H groups in total. The summed E-state index contributed by atoms with van der Waals surface area (Å²) in [4.78, 5) is 10.5. The number of nitrogens with two attached hydrogens (primary N) is 2. The zero-order valence-electron chi connectivity index (χ0n) is 7.75. The van der Waals surface area contributed by atoms with Crippen molar-refractivity contribution in [3.63, 3.8) is 0 Å². The van der Waals surface area contributed by atoms with Crippen molar-refractivity contribution in [2.75, 3.05) is 0 Å². The number of nitrogens with one attached hydrogen (secondary N) is 1. The molecule has 0 radical (unpaired) electrons. The topological polar surface area (TPSA) is 81.1 Å². The summed E-state index contributed by atoms with van der Waals surface area (Å²) >= 11 is 0. The highest BCUT2D eigenvalue weighted by Crippen LogP contribution is 2.17. The van der Waals surface area contributed by atoms with E-state index in [0.717, 1.165) is 12.8 Å². The lowest BCUT2D eigenvalue weighted by Crippen LogP contribution is -2.34. The van der Waals surface area contributed by atoms with Crippen LogP contribution in [0, 0.1) is 0 Å². The number of rotatable bonds is 3. The maximum Gasteiger partial charge on any atom is 0.245 e. The van der Waals surface area contributed by atoms with Crippen molar-refractivity contribution in [1.82, 2.24) is 5.32 Å². The van der Waals surface area contributed by atoms with Crippen molar-refractivity contribution in [3.05, 3.63) is 11.9 Å². The smallest absolute Gasteiger partial charge is 0.245 e. The predicted octanol–water partition coefficient (Wildman–Crippen LogP) is 0.194. The van der Waals surface area contributed by atoms with Crippen LogP contribution in [-0.4, -0.2) is 11.9 Å². The van der Waals surface area contributed by atoms with Gasteiger partial charge in [0.05, 0.1) is 0 Å². The second-order valence-electron chi connectivity index (χ2n) is 3.48. The summed E-state index contributed by atoms with van der Waals surface area (Å²) in [6.45, 7) is 0. The Morgan fingerprint density at radius 3 is 2.38 bits per heavy atom. The van der Waals surface area contributed by atoms with Crippen LogP contribution in [0.3, 0.4) is 0 Å². The molecule has 74 valence electrons. The first-order chi connectivity index (χ1) is 6.18. The second kappa shape index (κ2) is 4.74. The lowest BCUT2D eigenvalue weighted by atomic mass is 9.95. The van der Waals surface area contributed by atoms with E-state index >= 15 is 0 Å². The zero-order valence-corrected chi connectivity index (χ0v) is 7.75. The van der Waals surface area contributed by atoms with Crippen LogP contribution in [-0.2, 0) is 4.79 Å². The summed E-state index contributed by atoms with van der Waals surface area (Å²) in [5.41, 5.74) is 10.5. The van der Waals surface area contributed by atoms with Crippen LogP contribution >= 0.6 is 0 Å². The Hall–Kier alpha value is -1.19. The van der Waals surface area contributed by atoms with Crippen LogP contribution in [0.4, 0.5) is 0 Å². The van der Waals surface area contributed by atoms with Crippen LogP contribution in [0.2, 0.25) is 0 Å². The summed E-state index contributed by atoms with van der Waals surface area (Å²) in [5, 5.41) is 3.09. The maximum absolute atomic E-state index is 10.5. The molecule has 0 atom stereocenters. The first-order valence-corrected chi connectivity index (χ1v) is 4.71. The third kappa shape index (κ3) is 3.83. The van der Waals surface area contributed by atoms with Crippen LogP contribution in [0.1, 0.15) is 32.1 Å². The molecule has 0 aliphatic heterocycles. The monoisotopic (exact) mass is 183 g/mol. The van der Waals surface area contributed by atoms with E-state index in [0.29, 0.717) is 11.9 Å². The van der Waals surface area contributed by atoms with E-state index in [1.54, 1.807) is 0 Å². The van der Waals surface area contributed by atoms with Crippen molar-refractivity contribution < 1.29 is 4.79 Å². The van der Waals surface area contributed by atoms with Gasteiger partial charge >= 0.3 is 0 Å². The number of hydrogen-bond acceptors (Lipinski definition) is 3. The molecule has 0 aromatic heterocycles. The van der Waals surface area contributed by atoms with Gasteiger partial charge in [0.25, 0.3) is 0 Å². The first kappa shape index (κ1) is 9.89. The highest BCUT2D eigenvalue weighted by molar-refractivity contribution is 5.86. The van der Waals surface area contributed by atoms with E-state index in [1.807, 2.05) is 0 Å². The van der Waals surface area contributed by atoms with Crippen molar-refractivity contribution in [1.29, 1.82) is 0 Å². The summed E-state index contributed by atoms with van der Waals surface area (Å²) in [5.74, 6) is -0.111. The van der Waals surface area contributed by atoms with E-state index in [4.69, 9.17) is 11.5 Å². The second-order valence-corrected chi connectivity index (χ2v) is 3.48. The molecule has 0 spiro atoms. The van der Waals surface area contributed by atoms with Crippen molar-refractivity contribution >= 4 is 5.91 Å². The molecule has 1 amide bonds. The fourth-order valence-corrected chi connectivity index (χ4v) is 1.68.